The van der Waals surface area contributed by atoms with Gasteiger partial charge in [0.15, 0.2) is 0 Å². The fourth-order valence-corrected chi connectivity index (χ4v) is 30.8. The molecule has 0 fully saturated rings. The minimum atomic E-state index is -3.63. The summed E-state index contributed by atoms with van der Waals surface area (Å²) in [5.74, 6) is 1.08. The van der Waals surface area contributed by atoms with E-state index in [0.717, 1.165) is 11.4 Å². The molecule has 0 radical (unpaired) electrons. The van der Waals surface area contributed by atoms with Gasteiger partial charge in [0.1, 0.15) is 0 Å². The van der Waals surface area contributed by atoms with Crippen LogP contribution in [0, 0.1) is 11.8 Å². The first-order valence-corrected chi connectivity index (χ1v) is 28.5. The molecule has 3 atom stereocenters. The zero-order chi connectivity index (χ0) is 27.6. The topological polar surface area (TPSA) is 0 Å². The van der Waals surface area contributed by atoms with Crippen LogP contribution in [-0.2, 0) is 23.8 Å². The number of hydrogen-bond acceptors (Lipinski definition) is 0. The maximum atomic E-state index is 7.19. The van der Waals surface area contributed by atoms with Gasteiger partial charge in [-0.25, -0.2) is 0 Å². The van der Waals surface area contributed by atoms with Crippen molar-refractivity contribution in [3.05, 3.63) is 124 Å². The van der Waals surface area contributed by atoms with Crippen LogP contribution in [0.4, 0.5) is 0 Å². The van der Waals surface area contributed by atoms with Crippen molar-refractivity contribution in [2.75, 3.05) is 0 Å². The van der Waals surface area contributed by atoms with E-state index in [1.54, 1.807) is 11.1 Å². The molecule has 4 aromatic rings. The van der Waals surface area contributed by atoms with Crippen molar-refractivity contribution in [2.24, 2.45) is 11.8 Å². The molecule has 0 spiro atoms. The third kappa shape index (κ3) is 5.42. The Kier molecular flexibility index (Phi) is 9.46. The monoisotopic (exact) mass is 696 g/mol. The molecule has 0 amide bonds. The molecule has 3 unspecified atom stereocenters. The molecule has 41 heavy (non-hydrogen) atoms. The minimum absolute atomic E-state index is 0. The number of fused-ring (bicyclic) bond motifs is 2. The van der Waals surface area contributed by atoms with Crippen LogP contribution in [0.2, 0.25) is 14.3 Å². The summed E-state index contributed by atoms with van der Waals surface area (Å²) in [4.78, 5) is 0. The molecule has 0 bridgehead atoms. The molecule has 5 heteroatoms. The molecule has 0 aliphatic heterocycles. The standard InChI is InChI=1S/C18H17.C16H14Cl.2CH3.2ClH.H2Si.Zr/c1-13(2)16-11-15-9-6-10-17(18(15)12-16)14-7-4-3-5-8-14;1-11-9-14-13(12-5-3-2-4-6-12)7-8-16(17)15(14)10-11;;;;;;/h3-13H,1-2H3;2-8,10-11H,9H2,1H3;2*1H3;2*1H;1H2;. The van der Waals surface area contributed by atoms with E-state index >= 15 is 0 Å². The van der Waals surface area contributed by atoms with Crippen molar-refractivity contribution >= 4 is 49.4 Å². The van der Waals surface area contributed by atoms with Crippen LogP contribution in [-0.4, -0.2) is 6.88 Å². The Bertz CT molecular complexity index is 1670. The van der Waals surface area contributed by atoms with Gasteiger partial charge in [0.25, 0.3) is 0 Å². The maximum absolute atomic E-state index is 7.19. The van der Waals surface area contributed by atoms with Crippen molar-refractivity contribution < 1.29 is 17.4 Å². The number of rotatable bonds is 5. The Hall–Kier alpha value is -1.41. The maximum Gasteiger partial charge on any atom is -0.147 e. The van der Waals surface area contributed by atoms with Crippen LogP contribution in [0.5, 0.6) is 0 Å². The van der Waals surface area contributed by atoms with E-state index in [0.29, 0.717) is 19.1 Å². The van der Waals surface area contributed by atoms with Gasteiger partial charge in [0.2, 0.25) is 0 Å². The Balaban J connectivity index is 0.00000194. The number of halogens is 3. The van der Waals surface area contributed by atoms with Crippen LogP contribution in [0.3, 0.4) is 0 Å². The molecule has 6 rings (SSSR count). The Labute approximate surface area is 266 Å². The molecule has 0 aromatic heterocycles. The largest absolute Gasteiger partial charge is 0.147 e. The fourth-order valence-electron chi connectivity index (χ4n) is 8.25. The summed E-state index contributed by atoms with van der Waals surface area (Å²) in [5.41, 5.74) is 13.0. The molecule has 2 aliphatic rings. The van der Waals surface area contributed by atoms with Gasteiger partial charge in [-0.15, -0.1) is 24.8 Å². The summed E-state index contributed by atoms with van der Waals surface area (Å²) < 4.78 is 6.53. The van der Waals surface area contributed by atoms with Crippen LogP contribution in [0.1, 0.15) is 50.3 Å². The van der Waals surface area contributed by atoms with Crippen LogP contribution in [0.15, 0.2) is 96.6 Å². The summed E-state index contributed by atoms with van der Waals surface area (Å²) in [6.07, 6.45) is 3.68. The van der Waals surface area contributed by atoms with E-state index in [1.165, 1.54) is 38.9 Å². The average molecular weight is 699 g/mol. The molecular weight excluding hydrogens is 658 g/mol. The molecule has 0 saturated heterocycles. The molecule has 4 aromatic carbocycles. The molecule has 0 nitrogen and oxygen atoms in total. The Morgan fingerprint density at radius 2 is 1.37 bits per heavy atom. The van der Waals surface area contributed by atoms with E-state index in [-0.39, 0.29) is 24.8 Å². The summed E-state index contributed by atoms with van der Waals surface area (Å²) in [5, 5.41) is 0.973. The van der Waals surface area contributed by atoms with Gasteiger partial charge in [0, 0.05) is 0 Å². The van der Waals surface area contributed by atoms with Gasteiger partial charge in [-0.1, -0.05) is 0 Å². The first-order chi connectivity index (χ1) is 18.6. The van der Waals surface area contributed by atoms with Crippen LogP contribution >= 0.6 is 36.4 Å². The quantitative estimate of drug-likeness (QED) is 0.182. The molecule has 0 N–H and O–H groups in total. The summed E-state index contributed by atoms with van der Waals surface area (Å²) in [6.45, 7) is 9.73. The second-order valence-electron chi connectivity index (χ2n) is 13.4. The van der Waals surface area contributed by atoms with Gasteiger partial charge >= 0.3 is 244 Å². The fraction of sp³-hybridized carbons (Fsp3) is 0.278. The first-order valence-electron chi connectivity index (χ1n) is 14.4. The van der Waals surface area contributed by atoms with Crippen LogP contribution < -0.4 is 0 Å². The molecule has 214 valence electrons. The molecular formula is C36H41Cl3SiZr. The van der Waals surface area contributed by atoms with Gasteiger partial charge in [-0.3, -0.25) is 0 Å². The SMILES string of the molecule is CC(C)C1=Cc2c(-c3ccccc3)cccc2[CH]1[Zr]([CH3])([CH3])(=[SiH2])[CH]1c2c(Cl)ccc(-c3ccccc3)c2CC1C.Cl.Cl. The van der Waals surface area contributed by atoms with Crippen molar-refractivity contribution in [1.82, 2.24) is 0 Å². The van der Waals surface area contributed by atoms with E-state index in [1.807, 2.05) is 0 Å². The van der Waals surface area contributed by atoms with E-state index in [9.17, 15) is 0 Å². The zero-order valence-corrected chi connectivity index (χ0v) is 30.9. The summed E-state index contributed by atoms with van der Waals surface area (Å²) in [6, 6.07) is 33.3. The predicted molar refractivity (Wildman–Crippen MR) is 185 cm³/mol. The van der Waals surface area contributed by atoms with Crippen LogP contribution in [0.25, 0.3) is 28.3 Å². The summed E-state index contributed by atoms with van der Waals surface area (Å²) in [7, 11) is 0. The number of benzene rings is 4. The molecule has 0 saturated carbocycles. The van der Waals surface area contributed by atoms with Crippen molar-refractivity contribution in [2.45, 2.75) is 43.7 Å². The average Bonchev–Trinajstić information content (AvgIpc) is 3.50. The normalized spacial score (nSPS) is 19.6. The smallest absolute Gasteiger partial charge is 0.147 e. The minimum Gasteiger partial charge on any atom is -0.147 e. The predicted octanol–water partition coefficient (Wildman–Crippen LogP) is 10.9. The zero-order valence-electron chi connectivity index (χ0n) is 24.7. The van der Waals surface area contributed by atoms with Gasteiger partial charge < -0.3 is 0 Å². The Morgan fingerprint density at radius 1 is 0.780 bits per heavy atom. The van der Waals surface area contributed by atoms with Crippen molar-refractivity contribution in [1.29, 1.82) is 0 Å². The van der Waals surface area contributed by atoms with E-state index in [2.05, 4.69) is 134 Å². The first kappa shape index (κ1) is 32.5. The van der Waals surface area contributed by atoms with Gasteiger partial charge in [0.05, 0.1) is 0 Å². The second-order valence-corrected chi connectivity index (χ2v) is 44.3. The van der Waals surface area contributed by atoms with E-state index < -0.39 is 17.4 Å². The molecule has 0 heterocycles. The third-order valence-corrected chi connectivity index (χ3v) is 28.3. The van der Waals surface area contributed by atoms with Crippen molar-refractivity contribution in [3.63, 3.8) is 0 Å². The van der Waals surface area contributed by atoms with E-state index in [4.69, 9.17) is 11.6 Å². The number of allylic oxidation sites excluding steroid dienone is 1. The Morgan fingerprint density at radius 3 is 1.95 bits per heavy atom. The second kappa shape index (κ2) is 11.9. The van der Waals surface area contributed by atoms with Gasteiger partial charge in [-0.2, -0.15) is 0 Å². The van der Waals surface area contributed by atoms with Gasteiger partial charge in [-0.05, 0) is 0 Å². The number of hydrogen-bond donors (Lipinski definition) is 0. The van der Waals surface area contributed by atoms with Crippen molar-refractivity contribution in [3.8, 4) is 22.3 Å². The third-order valence-electron chi connectivity index (χ3n) is 9.61. The summed E-state index contributed by atoms with van der Waals surface area (Å²) >= 11 is 3.56. The molecule has 2 aliphatic carbocycles.